The number of hydrogen-bond donors (Lipinski definition) is 1. The number of hydrogen-bond acceptors (Lipinski definition) is 3. The number of aromatic nitrogens is 1. The fraction of sp³-hybridized carbons (Fsp3) is 0.533. The number of thiazole rings is 1. The van der Waals surface area contributed by atoms with Crippen LogP contribution in [0.15, 0.2) is 18.2 Å². The molecule has 2 aromatic rings. The van der Waals surface area contributed by atoms with Crippen LogP contribution in [0.5, 0.6) is 0 Å². The molecule has 1 aromatic heterocycles. The topological polar surface area (TPSA) is 19.1 Å². The van der Waals surface area contributed by atoms with Gasteiger partial charge in [0, 0.05) is 18.3 Å². The predicted octanol–water partition coefficient (Wildman–Crippen LogP) is 3.24. The van der Waals surface area contributed by atoms with E-state index >= 15 is 0 Å². The first kappa shape index (κ1) is 12.7. The van der Waals surface area contributed by atoms with Crippen molar-refractivity contribution in [2.24, 2.45) is 0 Å². The van der Waals surface area contributed by atoms with Crippen molar-refractivity contribution in [3.05, 3.63) is 18.2 Å². The molecule has 0 unspecified atom stereocenters. The zero-order chi connectivity index (χ0) is 13.4. The van der Waals surface area contributed by atoms with Gasteiger partial charge in [-0.25, -0.2) is 9.47 Å². The molecule has 0 bridgehead atoms. The van der Waals surface area contributed by atoms with E-state index in [1.54, 1.807) is 0 Å². The van der Waals surface area contributed by atoms with Crippen LogP contribution < -0.4 is 14.8 Å². The third-order valence-corrected chi connectivity index (χ3v) is 4.90. The average molecular weight is 276 g/mol. The molecular weight excluding hydrogens is 254 g/mol. The molecule has 102 valence electrons. The first-order valence-corrected chi connectivity index (χ1v) is 7.99. The maximum Gasteiger partial charge on any atom is 0.337 e. The van der Waals surface area contributed by atoms with Gasteiger partial charge in [-0.15, -0.1) is 0 Å². The molecule has 2 heterocycles. The summed E-state index contributed by atoms with van der Waals surface area (Å²) in [5, 5.41) is 4.89. The summed E-state index contributed by atoms with van der Waals surface area (Å²) in [5.41, 5.74) is 2.62. The Bertz CT molecular complexity index is 588. The molecule has 1 aliphatic heterocycles. The summed E-state index contributed by atoms with van der Waals surface area (Å²) in [6, 6.07) is 7.33. The van der Waals surface area contributed by atoms with E-state index in [0.29, 0.717) is 6.04 Å². The summed E-state index contributed by atoms with van der Waals surface area (Å²) in [7, 11) is 0. The average Bonchev–Trinajstić information content (AvgIpc) is 2.94. The van der Waals surface area contributed by atoms with E-state index < -0.39 is 0 Å². The van der Waals surface area contributed by atoms with Gasteiger partial charge in [-0.05, 0) is 43.7 Å². The van der Waals surface area contributed by atoms with Gasteiger partial charge in [0.1, 0.15) is 18.6 Å². The minimum Gasteiger partial charge on any atom is -0.385 e. The highest BCUT2D eigenvalue weighted by Crippen LogP contribution is 2.32. The van der Waals surface area contributed by atoms with Crippen LogP contribution in [0, 0.1) is 0 Å². The van der Waals surface area contributed by atoms with Gasteiger partial charge < -0.3 is 5.32 Å². The van der Waals surface area contributed by atoms with E-state index in [2.05, 4.69) is 53.8 Å². The minimum absolute atomic E-state index is 0.583. The third-order valence-electron chi connectivity index (χ3n) is 3.69. The SMILES string of the molecule is CCCNc1ccc2sc3[n+](c2c1)CCN3C(C)C. The molecule has 0 fully saturated rings. The second kappa shape index (κ2) is 5.00. The van der Waals surface area contributed by atoms with Gasteiger partial charge in [-0.2, -0.15) is 0 Å². The lowest BCUT2D eigenvalue weighted by atomic mass is 10.3. The summed E-state index contributed by atoms with van der Waals surface area (Å²) in [5.74, 6) is 0. The molecule has 1 aliphatic rings. The Labute approximate surface area is 118 Å². The zero-order valence-electron chi connectivity index (χ0n) is 11.9. The predicted molar refractivity (Wildman–Crippen MR) is 83.3 cm³/mol. The Morgan fingerprint density at radius 1 is 1.42 bits per heavy atom. The van der Waals surface area contributed by atoms with Gasteiger partial charge >= 0.3 is 5.13 Å². The largest absolute Gasteiger partial charge is 0.385 e. The number of benzene rings is 1. The fourth-order valence-corrected chi connectivity index (χ4v) is 3.99. The summed E-state index contributed by atoms with van der Waals surface area (Å²) in [6.45, 7) is 10.0. The molecule has 0 saturated heterocycles. The van der Waals surface area contributed by atoms with E-state index in [-0.39, 0.29) is 0 Å². The van der Waals surface area contributed by atoms with Crippen LogP contribution in [0.3, 0.4) is 0 Å². The Hall–Kier alpha value is -1.29. The van der Waals surface area contributed by atoms with Gasteiger partial charge in [0.25, 0.3) is 0 Å². The number of nitrogens with zero attached hydrogens (tertiary/aromatic N) is 2. The zero-order valence-corrected chi connectivity index (χ0v) is 12.8. The van der Waals surface area contributed by atoms with Crippen LogP contribution in [0.25, 0.3) is 10.2 Å². The van der Waals surface area contributed by atoms with Crippen molar-refractivity contribution in [3.8, 4) is 0 Å². The number of rotatable bonds is 4. The maximum absolute atomic E-state index is 3.48. The molecule has 0 radical (unpaired) electrons. The monoisotopic (exact) mass is 276 g/mol. The Kier molecular flexibility index (Phi) is 3.35. The van der Waals surface area contributed by atoms with Crippen LogP contribution in [0.1, 0.15) is 27.2 Å². The molecule has 0 atom stereocenters. The maximum atomic E-state index is 3.48. The molecular formula is C15H22N3S+. The van der Waals surface area contributed by atoms with E-state index in [1.807, 2.05) is 11.3 Å². The number of nitrogens with one attached hydrogen (secondary N) is 1. The summed E-state index contributed by atoms with van der Waals surface area (Å²) >= 11 is 1.92. The molecule has 1 N–H and O–H groups in total. The fourth-order valence-electron chi connectivity index (χ4n) is 2.66. The van der Waals surface area contributed by atoms with Crippen LogP contribution in [0.2, 0.25) is 0 Å². The highest BCUT2D eigenvalue weighted by atomic mass is 32.1. The van der Waals surface area contributed by atoms with E-state index in [1.165, 1.54) is 21.0 Å². The Balaban J connectivity index is 2.00. The van der Waals surface area contributed by atoms with Crippen molar-refractivity contribution >= 4 is 32.4 Å². The highest BCUT2D eigenvalue weighted by molar-refractivity contribution is 7.21. The van der Waals surface area contributed by atoms with Crippen molar-refractivity contribution in [1.29, 1.82) is 0 Å². The quantitative estimate of drug-likeness (QED) is 0.865. The van der Waals surface area contributed by atoms with Crippen molar-refractivity contribution in [1.82, 2.24) is 0 Å². The Morgan fingerprint density at radius 3 is 3.00 bits per heavy atom. The normalized spacial score (nSPS) is 14.4. The molecule has 0 spiro atoms. The first-order valence-electron chi connectivity index (χ1n) is 7.17. The van der Waals surface area contributed by atoms with E-state index in [4.69, 9.17) is 0 Å². The van der Waals surface area contributed by atoms with Crippen LogP contribution in [-0.2, 0) is 6.54 Å². The molecule has 19 heavy (non-hydrogen) atoms. The lowest BCUT2D eigenvalue weighted by Gasteiger charge is -2.11. The van der Waals surface area contributed by atoms with Gasteiger partial charge in [0.15, 0.2) is 0 Å². The lowest BCUT2D eigenvalue weighted by molar-refractivity contribution is -0.641. The second-order valence-corrected chi connectivity index (χ2v) is 6.44. The molecule has 4 heteroatoms. The van der Waals surface area contributed by atoms with Crippen molar-refractivity contribution in [2.75, 3.05) is 23.3 Å². The van der Waals surface area contributed by atoms with Crippen molar-refractivity contribution in [2.45, 2.75) is 39.8 Å². The van der Waals surface area contributed by atoms with E-state index in [9.17, 15) is 0 Å². The molecule has 0 saturated carbocycles. The van der Waals surface area contributed by atoms with Crippen molar-refractivity contribution < 1.29 is 4.57 Å². The lowest BCUT2D eigenvalue weighted by Crippen LogP contribution is -2.30. The molecule has 0 aliphatic carbocycles. The summed E-state index contributed by atoms with van der Waals surface area (Å²) in [4.78, 5) is 2.50. The van der Waals surface area contributed by atoms with Crippen LogP contribution >= 0.6 is 11.3 Å². The molecule has 3 rings (SSSR count). The first-order chi connectivity index (χ1) is 9.20. The van der Waals surface area contributed by atoms with E-state index in [0.717, 1.165) is 26.1 Å². The van der Waals surface area contributed by atoms with Crippen LogP contribution in [0.4, 0.5) is 10.8 Å². The molecule has 3 nitrogen and oxygen atoms in total. The van der Waals surface area contributed by atoms with Gasteiger partial charge in [0.2, 0.25) is 0 Å². The third kappa shape index (κ3) is 2.18. The highest BCUT2D eigenvalue weighted by Gasteiger charge is 2.33. The number of anilines is 2. The second-order valence-electron chi connectivity index (χ2n) is 5.43. The summed E-state index contributed by atoms with van der Waals surface area (Å²) in [6.07, 6.45) is 1.16. The molecule has 0 amide bonds. The standard InChI is InChI=1S/C15H22N3S/c1-4-7-16-12-5-6-14-13(10-12)18-9-8-17(11(2)3)15(18)19-14/h5-6,10-11,16H,4,7-9H2,1-3H3/q+1. The summed E-state index contributed by atoms with van der Waals surface area (Å²) < 4.78 is 3.86. The van der Waals surface area contributed by atoms with Gasteiger partial charge in [-0.1, -0.05) is 6.92 Å². The van der Waals surface area contributed by atoms with Crippen LogP contribution in [-0.4, -0.2) is 19.1 Å². The number of fused-ring (bicyclic) bond motifs is 3. The molecule has 1 aromatic carbocycles. The smallest absolute Gasteiger partial charge is 0.337 e. The van der Waals surface area contributed by atoms with Gasteiger partial charge in [-0.3, -0.25) is 0 Å². The van der Waals surface area contributed by atoms with Gasteiger partial charge in [0.05, 0.1) is 10.7 Å². The minimum atomic E-state index is 0.583. The van der Waals surface area contributed by atoms with Crippen molar-refractivity contribution in [3.63, 3.8) is 0 Å². The Morgan fingerprint density at radius 2 is 2.26 bits per heavy atom.